The van der Waals surface area contributed by atoms with Crippen molar-refractivity contribution in [3.63, 3.8) is 0 Å². The van der Waals surface area contributed by atoms with Crippen LogP contribution in [0.15, 0.2) is 54.6 Å². The monoisotopic (exact) mass is 477 g/mol. The van der Waals surface area contributed by atoms with Gasteiger partial charge in [-0.05, 0) is 55.9 Å². The molecule has 0 unspecified atom stereocenters. The highest BCUT2D eigenvalue weighted by molar-refractivity contribution is 5.81. The van der Waals surface area contributed by atoms with Crippen LogP contribution in [0.5, 0.6) is 11.6 Å². The lowest BCUT2D eigenvalue weighted by molar-refractivity contribution is -0.134. The fraction of sp³-hybridized carbons (Fsp3) is 0.429. The molecule has 2 fully saturated rings. The van der Waals surface area contributed by atoms with Crippen LogP contribution in [0.3, 0.4) is 0 Å². The summed E-state index contributed by atoms with van der Waals surface area (Å²) >= 11 is 0. The van der Waals surface area contributed by atoms with Crippen LogP contribution in [0.25, 0.3) is 5.69 Å². The lowest BCUT2D eigenvalue weighted by Crippen LogP contribution is -2.38. The minimum absolute atomic E-state index is 0.0419. The first-order chi connectivity index (χ1) is 17.0. The molecule has 2 heterocycles. The Morgan fingerprint density at radius 2 is 1.89 bits per heavy atom. The molecule has 35 heavy (non-hydrogen) atoms. The SMILES string of the molecule is CC(C)c1nn(-c2ccccc2)c(Oc2ccccc2F)c1CN(C[C@@H]1CCCO1)C(=O)C1CC1. The van der Waals surface area contributed by atoms with Gasteiger partial charge in [-0.15, -0.1) is 0 Å². The maximum atomic E-state index is 14.6. The largest absolute Gasteiger partial charge is 0.435 e. The summed E-state index contributed by atoms with van der Waals surface area (Å²) in [7, 11) is 0. The standard InChI is InChI=1S/C28H32FN3O3/c1-19(2)26-23(18-31(27(33)20-14-15-20)17-22-11-8-16-34-22)28(35-25-13-7-6-12-24(25)29)32(30-26)21-9-4-3-5-10-21/h3-7,9-10,12-13,19-20,22H,8,11,14-18H2,1-2H3/t22-/m0/s1. The highest BCUT2D eigenvalue weighted by Gasteiger charge is 2.36. The molecule has 0 N–H and O–H groups in total. The van der Waals surface area contributed by atoms with Crippen LogP contribution in [0.2, 0.25) is 0 Å². The van der Waals surface area contributed by atoms with Gasteiger partial charge in [0.2, 0.25) is 11.8 Å². The molecular formula is C28H32FN3O3. The van der Waals surface area contributed by atoms with Gasteiger partial charge in [-0.1, -0.05) is 44.2 Å². The minimum atomic E-state index is -0.448. The van der Waals surface area contributed by atoms with Crippen LogP contribution < -0.4 is 4.74 Å². The summed E-state index contributed by atoms with van der Waals surface area (Å²) in [6, 6.07) is 16.0. The Hall–Kier alpha value is -3.19. The first-order valence-corrected chi connectivity index (χ1v) is 12.5. The highest BCUT2D eigenvalue weighted by atomic mass is 19.1. The Balaban J connectivity index is 1.58. The third-order valence-corrected chi connectivity index (χ3v) is 6.59. The molecule has 2 aromatic carbocycles. The van der Waals surface area contributed by atoms with Crippen LogP contribution in [-0.2, 0) is 16.1 Å². The van der Waals surface area contributed by atoms with Crippen molar-refractivity contribution in [2.45, 2.75) is 58.1 Å². The fourth-order valence-corrected chi connectivity index (χ4v) is 4.59. The molecule has 1 aromatic heterocycles. The summed E-state index contributed by atoms with van der Waals surface area (Å²) in [4.78, 5) is 15.2. The topological polar surface area (TPSA) is 56.6 Å². The van der Waals surface area contributed by atoms with Crippen molar-refractivity contribution in [1.29, 1.82) is 0 Å². The zero-order chi connectivity index (χ0) is 24.4. The van der Waals surface area contributed by atoms with Gasteiger partial charge < -0.3 is 14.4 Å². The van der Waals surface area contributed by atoms with Gasteiger partial charge in [-0.25, -0.2) is 9.07 Å². The maximum Gasteiger partial charge on any atom is 0.228 e. The van der Waals surface area contributed by atoms with Gasteiger partial charge in [0.15, 0.2) is 11.6 Å². The van der Waals surface area contributed by atoms with Gasteiger partial charge in [0.1, 0.15) is 0 Å². The Morgan fingerprint density at radius 1 is 1.14 bits per heavy atom. The normalized spacial score (nSPS) is 17.7. The molecule has 0 bridgehead atoms. The zero-order valence-electron chi connectivity index (χ0n) is 20.3. The van der Waals surface area contributed by atoms with Crippen LogP contribution in [0.4, 0.5) is 4.39 Å². The van der Waals surface area contributed by atoms with Crippen molar-refractivity contribution in [3.8, 4) is 17.3 Å². The summed E-state index contributed by atoms with van der Waals surface area (Å²) in [5.74, 6) is 0.430. The van der Waals surface area contributed by atoms with Crippen molar-refractivity contribution < 1.29 is 18.7 Å². The molecule has 0 spiro atoms. The number of nitrogens with zero attached hydrogens (tertiary/aromatic N) is 3. The number of hydrogen-bond donors (Lipinski definition) is 0. The number of ether oxygens (including phenoxy) is 2. The van der Waals surface area contributed by atoms with Gasteiger partial charge in [0, 0.05) is 19.1 Å². The second-order valence-electron chi connectivity index (χ2n) is 9.73. The Labute approximate surface area is 205 Å². The van der Waals surface area contributed by atoms with E-state index >= 15 is 0 Å². The van der Waals surface area contributed by atoms with E-state index < -0.39 is 5.82 Å². The average Bonchev–Trinajstić information content (AvgIpc) is 3.47. The Bertz CT molecular complexity index is 1170. The van der Waals surface area contributed by atoms with Crippen molar-refractivity contribution in [2.24, 2.45) is 5.92 Å². The summed E-state index contributed by atoms with van der Waals surface area (Å²) in [5.41, 5.74) is 2.45. The van der Waals surface area contributed by atoms with Crippen LogP contribution in [0.1, 0.15) is 56.7 Å². The van der Waals surface area contributed by atoms with Gasteiger partial charge >= 0.3 is 0 Å². The van der Waals surface area contributed by atoms with Crippen molar-refractivity contribution in [1.82, 2.24) is 14.7 Å². The van der Waals surface area contributed by atoms with Crippen molar-refractivity contribution >= 4 is 5.91 Å². The maximum absolute atomic E-state index is 14.6. The molecule has 1 saturated heterocycles. The first kappa shape index (κ1) is 23.5. The van der Waals surface area contributed by atoms with E-state index in [1.807, 2.05) is 35.2 Å². The highest BCUT2D eigenvalue weighted by Crippen LogP contribution is 2.37. The predicted molar refractivity (Wildman–Crippen MR) is 131 cm³/mol. The number of carbonyl (C=O) groups excluding carboxylic acids is 1. The van der Waals surface area contributed by atoms with E-state index in [0.29, 0.717) is 19.0 Å². The Kier molecular flexibility index (Phi) is 6.86. The number of halogens is 1. The third kappa shape index (κ3) is 5.25. The molecule has 7 heteroatoms. The van der Waals surface area contributed by atoms with Crippen LogP contribution >= 0.6 is 0 Å². The quantitative estimate of drug-likeness (QED) is 0.388. The number of carbonyl (C=O) groups is 1. The minimum Gasteiger partial charge on any atom is -0.435 e. The summed E-state index contributed by atoms with van der Waals surface area (Å²) in [5, 5.41) is 4.91. The first-order valence-electron chi connectivity index (χ1n) is 12.5. The van der Waals surface area contributed by atoms with Gasteiger partial charge in [-0.3, -0.25) is 4.79 Å². The van der Waals surface area contributed by atoms with Gasteiger partial charge in [0.05, 0.1) is 29.6 Å². The predicted octanol–water partition coefficient (Wildman–Crippen LogP) is 5.84. The molecule has 0 radical (unpaired) electrons. The van der Waals surface area contributed by atoms with E-state index in [1.165, 1.54) is 6.07 Å². The fourth-order valence-electron chi connectivity index (χ4n) is 4.59. The lowest BCUT2D eigenvalue weighted by Gasteiger charge is -2.26. The molecule has 6 nitrogen and oxygen atoms in total. The number of aromatic nitrogens is 2. The molecule has 3 aromatic rings. The van der Waals surface area contributed by atoms with Crippen molar-refractivity contribution in [3.05, 3.63) is 71.7 Å². The molecule has 1 amide bonds. The summed E-state index contributed by atoms with van der Waals surface area (Å²) in [6.45, 7) is 5.77. The summed E-state index contributed by atoms with van der Waals surface area (Å²) in [6.07, 6.45) is 3.87. The van der Waals surface area contributed by atoms with Crippen LogP contribution in [0, 0.1) is 11.7 Å². The number of para-hydroxylation sites is 2. The summed E-state index contributed by atoms with van der Waals surface area (Å²) < 4.78 is 28.5. The number of amides is 1. The van der Waals surface area contributed by atoms with E-state index in [9.17, 15) is 9.18 Å². The molecule has 184 valence electrons. The molecule has 2 aliphatic rings. The second-order valence-corrected chi connectivity index (χ2v) is 9.73. The van der Waals surface area contributed by atoms with E-state index in [4.69, 9.17) is 14.6 Å². The molecular weight excluding hydrogens is 445 g/mol. The lowest BCUT2D eigenvalue weighted by atomic mass is 10.0. The third-order valence-electron chi connectivity index (χ3n) is 6.59. The van der Waals surface area contributed by atoms with Crippen molar-refractivity contribution in [2.75, 3.05) is 13.2 Å². The molecule has 1 aliphatic carbocycles. The average molecular weight is 478 g/mol. The molecule has 1 saturated carbocycles. The van der Waals surface area contributed by atoms with Crippen LogP contribution in [-0.4, -0.2) is 39.8 Å². The second kappa shape index (κ2) is 10.2. The van der Waals surface area contributed by atoms with E-state index in [0.717, 1.165) is 49.2 Å². The van der Waals surface area contributed by atoms with E-state index in [-0.39, 0.29) is 29.6 Å². The molecule has 1 aliphatic heterocycles. The van der Waals surface area contributed by atoms with Gasteiger partial charge in [-0.2, -0.15) is 5.10 Å². The number of benzene rings is 2. The smallest absolute Gasteiger partial charge is 0.228 e. The number of rotatable bonds is 9. The zero-order valence-corrected chi connectivity index (χ0v) is 20.3. The number of hydrogen-bond acceptors (Lipinski definition) is 4. The molecule has 1 atom stereocenters. The van der Waals surface area contributed by atoms with Gasteiger partial charge in [0.25, 0.3) is 0 Å². The van der Waals surface area contributed by atoms with E-state index in [2.05, 4.69) is 13.8 Å². The Morgan fingerprint density at radius 3 is 2.54 bits per heavy atom. The molecule has 5 rings (SSSR count). The van der Waals surface area contributed by atoms with E-state index in [1.54, 1.807) is 22.9 Å².